The van der Waals surface area contributed by atoms with E-state index in [0.717, 1.165) is 18.4 Å². The number of nitrogens with zero attached hydrogens (tertiary/aromatic N) is 1. The average Bonchev–Trinajstić information content (AvgIpc) is 2.55. The van der Waals surface area contributed by atoms with E-state index in [1.807, 2.05) is 25.1 Å². The summed E-state index contributed by atoms with van der Waals surface area (Å²) in [7, 11) is -3.78. The zero-order chi connectivity index (χ0) is 17.6. The Balaban J connectivity index is 2.16. The molecule has 0 aromatic heterocycles. The molecule has 0 spiro atoms. The van der Waals surface area contributed by atoms with Crippen molar-refractivity contribution in [3.05, 3.63) is 76.4 Å². The van der Waals surface area contributed by atoms with Crippen molar-refractivity contribution < 1.29 is 13.3 Å². The summed E-state index contributed by atoms with van der Waals surface area (Å²) < 4.78 is 27.2. The van der Waals surface area contributed by atoms with E-state index in [1.54, 1.807) is 18.2 Å². The topological polar surface area (TPSA) is 89.3 Å². The molecule has 0 saturated heterocycles. The van der Waals surface area contributed by atoms with Gasteiger partial charge < -0.3 is 0 Å². The molecule has 0 fully saturated rings. The van der Waals surface area contributed by atoms with Crippen LogP contribution in [0.15, 0.2) is 65.6 Å². The number of benzene rings is 2. The normalized spacial score (nSPS) is 11.5. The van der Waals surface area contributed by atoms with Gasteiger partial charge in [-0.25, -0.2) is 8.42 Å². The van der Waals surface area contributed by atoms with Crippen molar-refractivity contribution >= 4 is 21.4 Å². The maximum Gasteiger partial charge on any atom is 0.269 e. The average molecular weight is 346 g/mol. The Morgan fingerprint density at radius 3 is 2.50 bits per heavy atom. The van der Waals surface area contributed by atoms with E-state index in [1.165, 1.54) is 24.3 Å². The van der Waals surface area contributed by atoms with E-state index in [0.29, 0.717) is 5.69 Å². The van der Waals surface area contributed by atoms with E-state index in [4.69, 9.17) is 0 Å². The summed E-state index contributed by atoms with van der Waals surface area (Å²) in [6.07, 6.45) is 5.72. The van der Waals surface area contributed by atoms with Crippen molar-refractivity contribution in [3.8, 4) is 0 Å². The first-order valence-corrected chi connectivity index (χ1v) is 8.88. The van der Waals surface area contributed by atoms with Crippen LogP contribution >= 0.6 is 0 Å². The molecule has 0 aliphatic carbocycles. The first kappa shape index (κ1) is 17.7. The Bertz CT molecular complexity index is 843. The molecule has 0 heterocycles. The van der Waals surface area contributed by atoms with E-state index in [-0.39, 0.29) is 10.6 Å². The van der Waals surface area contributed by atoms with Gasteiger partial charge in [0.1, 0.15) is 0 Å². The molecular formula is C17H18N2O4S. The number of non-ortho nitro benzene ring substituents is 1. The fraction of sp³-hybridized carbons (Fsp3) is 0.176. The summed E-state index contributed by atoms with van der Waals surface area (Å²) in [4.78, 5) is 10.0. The first-order valence-electron chi connectivity index (χ1n) is 7.40. The molecule has 0 aliphatic rings. The minimum Gasteiger partial charge on any atom is -0.280 e. The van der Waals surface area contributed by atoms with Crippen molar-refractivity contribution in [2.45, 2.75) is 24.7 Å². The monoisotopic (exact) mass is 346 g/mol. The van der Waals surface area contributed by atoms with Crippen molar-refractivity contribution in [1.29, 1.82) is 0 Å². The lowest BCUT2D eigenvalue weighted by atomic mass is 10.1. The summed E-state index contributed by atoms with van der Waals surface area (Å²) in [5.41, 5.74) is 1.34. The quantitative estimate of drug-likeness (QED) is 0.468. The number of hydrogen-bond donors (Lipinski definition) is 1. The number of rotatable bonds is 7. The van der Waals surface area contributed by atoms with Crippen LogP contribution in [0.4, 0.5) is 11.4 Å². The SMILES string of the molecule is C/C=C/CCc1cccc(NS(=O)(=O)c2ccc([N+](=O)[O-])cc2)c1. The third kappa shape index (κ3) is 4.66. The minimum atomic E-state index is -3.78. The van der Waals surface area contributed by atoms with Crippen molar-refractivity contribution in [1.82, 2.24) is 0 Å². The minimum absolute atomic E-state index is 0.0209. The van der Waals surface area contributed by atoms with Crippen LogP contribution in [0, 0.1) is 10.1 Å². The van der Waals surface area contributed by atoms with Gasteiger partial charge in [-0.15, -0.1) is 0 Å². The second-order valence-electron chi connectivity index (χ2n) is 5.16. The Labute approximate surface area is 141 Å². The van der Waals surface area contributed by atoms with E-state index in [9.17, 15) is 18.5 Å². The number of nitro benzene ring substituents is 1. The molecule has 0 amide bonds. The zero-order valence-corrected chi connectivity index (χ0v) is 14.0. The molecule has 0 unspecified atom stereocenters. The number of aryl methyl sites for hydroxylation is 1. The van der Waals surface area contributed by atoms with E-state index >= 15 is 0 Å². The van der Waals surface area contributed by atoms with Crippen LogP contribution in [0.5, 0.6) is 0 Å². The predicted octanol–water partition coefficient (Wildman–Crippen LogP) is 3.90. The zero-order valence-electron chi connectivity index (χ0n) is 13.2. The lowest BCUT2D eigenvalue weighted by Gasteiger charge is -2.09. The van der Waals surface area contributed by atoms with Gasteiger partial charge in [-0.1, -0.05) is 24.3 Å². The lowest BCUT2D eigenvalue weighted by molar-refractivity contribution is -0.384. The Morgan fingerprint density at radius 2 is 1.88 bits per heavy atom. The molecule has 0 bridgehead atoms. The highest BCUT2D eigenvalue weighted by Gasteiger charge is 2.16. The molecule has 6 nitrogen and oxygen atoms in total. The highest BCUT2D eigenvalue weighted by Crippen LogP contribution is 2.20. The molecule has 2 rings (SSSR count). The summed E-state index contributed by atoms with van der Waals surface area (Å²) in [6, 6.07) is 12.0. The van der Waals surface area contributed by atoms with Crippen molar-refractivity contribution in [2.24, 2.45) is 0 Å². The summed E-state index contributed by atoms with van der Waals surface area (Å²) in [6.45, 7) is 1.95. The summed E-state index contributed by atoms with van der Waals surface area (Å²) >= 11 is 0. The number of nitro groups is 1. The van der Waals surface area contributed by atoms with Gasteiger partial charge in [-0.2, -0.15) is 0 Å². The largest absolute Gasteiger partial charge is 0.280 e. The van der Waals surface area contributed by atoms with Crippen LogP contribution in [-0.4, -0.2) is 13.3 Å². The van der Waals surface area contributed by atoms with Crippen LogP contribution in [0.3, 0.4) is 0 Å². The molecule has 126 valence electrons. The number of anilines is 1. The van der Waals surface area contributed by atoms with Gasteiger partial charge in [0.25, 0.3) is 15.7 Å². The number of allylic oxidation sites excluding steroid dienone is 2. The highest BCUT2D eigenvalue weighted by molar-refractivity contribution is 7.92. The molecule has 7 heteroatoms. The molecule has 0 radical (unpaired) electrons. The molecule has 0 saturated carbocycles. The Kier molecular flexibility index (Phi) is 5.70. The Morgan fingerprint density at radius 1 is 1.17 bits per heavy atom. The van der Waals surface area contributed by atoms with Gasteiger partial charge in [-0.3, -0.25) is 14.8 Å². The number of hydrogen-bond acceptors (Lipinski definition) is 4. The molecule has 0 atom stereocenters. The summed E-state index contributed by atoms with van der Waals surface area (Å²) in [5.74, 6) is 0. The van der Waals surface area contributed by atoms with Crippen LogP contribution < -0.4 is 4.72 Å². The van der Waals surface area contributed by atoms with Gasteiger partial charge in [-0.05, 0) is 49.6 Å². The number of nitrogens with one attached hydrogen (secondary N) is 1. The third-order valence-electron chi connectivity index (χ3n) is 3.37. The third-order valence-corrected chi connectivity index (χ3v) is 4.77. The molecule has 24 heavy (non-hydrogen) atoms. The van der Waals surface area contributed by atoms with Gasteiger partial charge in [0.05, 0.1) is 9.82 Å². The molecular weight excluding hydrogens is 328 g/mol. The van der Waals surface area contributed by atoms with Gasteiger partial charge in [0.2, 0.25) is 0 Å². The fourth-order valence-corrected chi connectivity index (χ4v) is 3.22. The van der Waals surface area contributed by atoms with Crippen LogP contribution in [0.2, 0.25) is 0 Å². The van der Waals surface area contributed by atoms with Crippen LogP contribution in [-0.2, 0) is 16.4 Å². The highest BCUT2D eigenvalue weighted by atomic mass is 32.2. The second kappa shape index (κ2) is 7.74. The molecule has 2 aromatic rings. The Hall–Kier alpha value is -2.67. The van der Waals surface area contributed by atoms with Gasteiger partial charge in [0, 0.05) is 17.8 Å². The molecule has 1 N–H and O–H groups in total. The smallest absolute Gasteiger partial charge is 0.269 e. The first-order chi connectivity index (χ1) is 11.4. The van der Waals surface area contributed by atoms with E-state index < -0.39 is 14.9 Å². The second-order valence-corrected chi connectivity index (χ2v) is 6.85. The summed E-state index contributed by atoms with van der Waals surface area (Å²) in [5, 5.41) is 10.6. The van der Waals surface area contributed by atoms with Crippen molar-refractivity contribution in [2.75, 3.05) is 4.72 Å². The van der Waals surface area contributed by atoms with Crippen molar-refractivity contribution in [3.63, 3.8) is 0 Å². The van der Waals surface area contributed by atoms with Crippen LogP contribution in [0.25, 0.3) is 0 Å². The lowest BCUT2D eigenvalue weighted by Crippen LogP contribution is -2.13. The van der Waals surface area contributed by atoms with Crippen LogP contribution in [0.1, 0.15) is 18.9 Å². The van der Waals surface area contributed by atoms with Gasteiger partial charge in [0.15, 0.2) is 0 Å². The molecule has 0 aliphatic heterocycles. The van der Waals surface area contributed by atoms with Gasteiger partial charge >= 0.3 is 0 Å². The number of sulfonamides is 1. The maximum atomic E-state index is 12.4. The molecule has 2 aromatic carbocycles. The maximum absolute atomic E-state index is 12.4. The predicted molar refractivity (Wildman–Crippen MR) is 93.5 cm³/mol. The fourth-order valence-electron chi connectivity index (χ4n) is 2.17. The standard InChI is InChI=1S/C17H18N2O4S/c1-2-3-4-6-14-7-5-8-15(13-14)18-24(22,23)17-11-9-16(10-12-17)19(20)21/h2-3,5,7-13,18H,4,6H2,1H3/b3-2+. The van der Waals surface area contributed by atoms with E-state index in [2.05, 4.69) is 4.72 Å².